The molecule has 0 atom stereocenters. The molecule has 2 heterocycles. The Morgan fingerprint density at radius 2 is 1.85 bits per heavy atom. The fourth-order valence-corrected chi connectivity index (χ4v) is 3.05. The predicted molar refractivity (Wildman–Crippen MR) is 101 cm³/mol. The summed E-state index contributed by atoms with van der Waals surface area (Å²) >= 11 is 0. The zero-order valence-electron chi connectivity index (χ0n) is 15.8. The molecular weight excluding hydrogens is 348 g/mol. The first kappa shape index (κ1) is 18.9. The molecule has 1 amide bonds. The summed E-state index contributed by atoms with van der Waals surface area (Å²) in [6.07, 6.45) is 0.872. The molecule has 1 N–H and O–H groups in total. The van der Waals surface area contributed by atoms with Crippen LogP contribution in [0, 0.1) is 0 Å². The van der Waals surface area contributed by atoms with Crippen molar-refractivity contribution < 1.29 is 19.0 Å². The van der Waals surface area contributed by atoms with Crippen LogP contribution in [0.5, 0.6) is 11.5 Å². The minimum atomic E-state index is -0.257. The van der Waals surface area contributed by atoms with Crippen LogP contribution in [0.2, 0.25) is 0 Å². The molecule has 8 heteroatoms. The van der Waals surface area contributed by atoms with Crippen LogP contribution in [0.3, 0.4) is 0 Å². The van der Waals surface area contributed by atoms with Crippen LogP contribution >= 0.6 is 0 Å². The van der Waals surface area contributed by atoms with Crippen molar-refractivity contribution in [2.24, 2.45) is 0 Å². The van der Waals surface area contributed by atoms with E-state index in [1.54, 1.807) is 27.4 Å². The van der Waals surface area contributed by atoms with E-state index < -0.39 is 0 Å². The zero-order valence-corrected chi connectivity index (χ0v) is 15.8. The van der Waals surface area contributed by atoms with Gasteiger partial charge in [0.15, 0.2) is 23.0 Å². The molecule has 0 radical (unpaired) electrons. The fraction of sp³-hybridized carbons (Fsp3) is 0.421. The van der Waals surface area contributed by atoms with Gasteiger partial charge in [0, 0.05) is 26.7 Å². The molecule has 27 heavy (non-hydrogen) atoms. The number of anilines is 1. The first-order chi connectivity index (χ1) is 13.2. The molecule has 0 saturated heterocycles. The van der Waals surface area contributed by atoms with Crippen LogP contribution in [0.25, 0.3) is 0 Å². The number of carbonyl (C=O) groups excluding carboxylic acids is 1. The van der Waals surface area contributed by atoms with Crippen molar-refractivity contribution in [1.29, 1.82) is 0 Å². The van der Waals surface area contributed by atoms with Gasteiger partial charge in [-0.25, -0.2) is 0 Å². The molecule has 1 aliphatic rings. The molecule has 0 spiro atoms. The number of nitrogens with one attached hydrogen (secondary N) is 1. The summed E-state index contributed by atoms with van der Waals surface area (Å²) in [6, 6.07) is 7.55. The van der Waals surface area contributed by atoms with Crippen LogP contribution in [0.4, 0.5) is 5.82 Å². The number of hydrogen-bond donors (Lipinski definition) is 1. The number of rotatable bonds is 7. The van der Waals surface area contributed by atoms with Gasteiger partial charge in [-0.15, -0.1) is 10.2 Å². The van der Waals surface area contributed by atoms with Gasteiger partial charge in [0.1, 0.15) is 0 Å². The molecule has 1 aromatic heterocycles. The molecule has 1 aromatic carbocycles. The summed E-state index contributed by atoms with van der Waals surface area (Å²) in [5.74, 6) is 1.94. The van der Waals surface area contributed by atoms with Crippen LogP contribution in [-0.2, 0) is 17.7 Å². The lowest BCUT2D eigenvalue weighted by Crippen LogP contribution is -2.32. The van der Waals surface area contributed by atoms with Crippen LogP contribution in [0.15, 0.2) is 24.3 Å². The average molecular weight is 372 g/mol. The zero-order chi connectivity index (χ0) is 19.2. The van der Waals surface area contributed by atoms with E-state index in [0.717, 1.165) is 24.5 Å². The Morgan fingerprint density at radius 3 is 2.48 bits per heavy atom. The third-order valence-corrected chi connectivity index (χ3v) is 4.52. The Bertz CT molecular complexity index is 795. The number of aromatic nitrogens is 2. The molecule has 0 aliphatic carbocycles. The smallest absolute Gasteiger partial charge is 0.271 e. The van der Waals surface area contributed by atoms with E-state index in [0.29, 0.717) is 31.1 Å². The van der Waals surface area contributed by atoms with Gasteiger partial charge in [-0.1, -0.05) is 0 Å². The van der Waals surface area contributed by atoms with Gasteiger partial charge in [-0.3, -0.25) is 4.79 Å². The third-order valence-electron chi connectivity index (χ3n) is 4.52. The highest BCUT2D eigenvalue weighted by molar-refractivity contribution is 5.92. The fourth-order valence-electron chi connectivity index (χ4n) is 3.05. The normalized spacial score (nSPS) is 13.1. The third kappa shape index (κ3) is 4.28. The number of amides is 1. The molecule has 0 fully saturated rings. The minimum absolute atomic E-state index is 0.257. The van der Waals surface area contributed by atoms with E-state index in [4.69, 9.17) is 14.2 Å². The maximum Gasteiger partial charge on any atom is 0.271 e. The van der Waals surface area contributed by atoms with Gasteiger partial charge in [-0.05, 0) is 41.8 Å². The Balaban J connectivity index is 1.70. The molecule has 0 saturated carbocycles. The number of nitrogens with zero attached hydrogens (tertiary/aromatic N) is 3. The van der Waals surface area contributed by atoms with E-state index >= 15 is 0 Å². The monoisotopic (exact) mass is 372 g/mol. The average Bonchev–Trinajstić information content (AvgIpc) is 2.72. The topological polar surface area (TPSA) is 85.8 Å². The summed E-state index contributed by atoms with van der Waals surface area (Å²) in [7, 11) is 4.86. The van der Waals surface area contributed by atoms with Gasteiger partial charge in [0.25, 0.3) is 5.91 Å². The molecule has 1 aliphatic heterocycles. The largest absolute Gasteiger partial charge is 0.493 e. The predicted octanol–water partition coefficient (Wildman–Crippen LogP) is 1.43. The van der Waals surface area contributed by atoms with Gasteiger partial charge in [0.05, 0.1) is 20.8 Å². The van der Waals surface area contributed by atoms with Gasteiger partial charge in [-0.2, -0.15) is 0 Å². The highest BCUT2D eigenvalue weighted by Crippen LogP contribution is 2.34. The lowest BCUT2D eigenvalue weighted by molar-refractivity contribution is 0.0931. The second-order valence-corrected chi connectivity index (χ2v) is 6.17. The number of benzene rings is 1. The van der Waals surface area contributed by atoms with Crippen LogP contribution < -0.4 is 19.7 Å². The van der Waals surface area contributed by atoms with E-state index in [-0.39, 0.29) is 5.91 Å². The number of methoxy groups -OCH3 is 3. The van der Waals surface area contributed by atoms with Crippen molar-refractivity contribution in [3.05, 3.63) is 41.1 Å². The molecule has 144 valence electrons. The van der Waals surface area contributed by atoms with Crippen molar-refractivity contribution in [2.45, 2.75) is 13.0 Å². The van der Waals surface area contributed by atoms with E-state index in [9.17, 15) is 4.79 Å². The number of fused-ring (bicyclic) bond motifs is 1. The Morgan fingerprint density at radius 1 is 1.11 bits per heavy atom. The molecular formula is C19H24N4O4. The van der Waals surface area contributed by atoms with Gasteiger partial charge < -0.3 is 24.4 Å². The summed E-state index contributed by atoms with van der Waals surface area (Å²) in [5, 5.41) is 11.0. The van der Waals surface area contributed by atoms with Crippen molar-refractivity contribution in [3.8, 4) is 11.5 Å². The highest BCUT2D eigenvalue weighted by Gasteiger charge is 2.21. The van der Waals surface area contributed by atoms with Crippen molar-refractivity contribution in [2.75, 3.05) is 45.9 Å². The highest BCUT2D eigenvalue weighted by atomic mass is 16.5. The first-order valence-electron chi connectivity index (χ1n) is 8.76. The summed E-state index contributed by atoms with van der Waals surface area (Å²) in [5.41, 5.74) is 2.70. The maximum atomic E-state index is 12.0. The van der Waals surface area contributed by atoms with Crippen molar-refractivity contribution in [1.82, 2.24) is 15.5 Å². The second kappa shape index (κ2) is 8.68. The minimum Gasteiger partial charge on any atom is -0.493 e. The lowest BCUT2D eigenvalue weighted by Gasteiger charge is -2.30. The van der Waals surface area contributed by atoms with Crippen molar-refractivity contribution in [3.63, 3.8) is 0 Å². The molecule has 0 bridgehead atoms. The van der Waals surface area contributed by atoms with Crippen LogP contribution in [-0.4, -0.2) is 57.1 Å². The number of ether oxygens (including phenoxy) is 3. The van der Waals surface area contributed by atoms with Gasteiger partial charge in [0.2, 0.25) is 0 Å². The first-order valence-corrected chi connectivity index (χ1v) is 8.76. The maximum absolute atomic E-state index is 12.0. The SMILES string of the molecule is COCCNC(=O)c1ccc(N2CCc3cc(OC)c(OC)cc3C2)nn1. The number of carbonyl (C=O) groups is 1. The van der Waals surface area contributed by atoms with E-state index in [1.807, 2.05) is 18.2 Å². The van der Waals surface area contributed by atoms with Gasteiger partial charge >= 0.3 is 0 Å². The molecule has 2 aromatic rings. The molecule has 3 rings (SSSR count). The van der Waals surface area contributed by atoms with Crippen molar-refractivity contribution >= 4 is 11.7 Å². The quantitative estimate of drug-likeness (QED) is 0.736. The molecule has 0 unspecified atom stereocenters. The standard InChI is InChI=1S/C19H24N4O4/c1-25-9-7-20-19(24)15-4-5-18(22-21-15)23-8-6-13-10-16(26-2)17(27-3)11-14(13)12-23/h4-5,10-11H,6-9,12H2,1-3H3,(H,20,24). The summed E-state index contributed by atoms with van der Waals surface area (Å²) in [6.45, 7) is 2.41. The molecule has 8 nitrogen and oxygen atoms in total. The summed E-state index contributed by atoms with van der Waals surface area (Å²) in [4.78, 5) is 14.1. The summed E-state index contributed by atoms with van der Waals surface area (Å²) < 4.78 is 15.7. The van der Waals surface area contributed by atoms with E-state index in [2.05, 4.69) is 20.4 Å². The Kier molecular flexibility index (Phi) is 6.08. The Labute approximate surface area is 158 Å². The second-order valence-electron chi connectivity index (χ2n) is 6.17. The Hall–Kier alpha value is -2.87. The number of hydrogen-bond acceptors (Lipinski definition) is 7. The van der Waals surface area contributed by atoms with Crippen LogP contribution in [0.1, 0.15) is 21.6 Å². The van der Waals surface area contributed by atoms with E-state index in [1.165, 1.54) is 11.1 Å². The lowest BCUT2D eigenvalue weighted by atomic mass is 9.99.